The van der Waals surface area contributed by atoms with Crippen LogP contribution in [0.25, 0.3) is 0 Å². The second-order valence-corrected chi connectivity index (χ2v) is 7.36. The number of anilines is 1. The van der Waals surface area contributed by atoms with Crippen LogP contribution in [0.15, 0.2) is 18.2 Å². The summed E-state index contributed by atoms with van der Waals surface area (Å²) < 4.78 is 0. The molecule has 0 bridgehead atoms. The molecule has 1 aromatic carbocycles. The third-order valence-electron chi connectivity index (χ3n) is 4.77. The summed E-state index contributed by atoms with van der Waals surface area (Å²) in [6.07, 6.45) is 3.40. The third kappa shape index (κ3) is 3.78. The number of rotatable bonds is 1. The molecule has 3 nitrogen and oxygen atoms in total. The second kappa shape index (κ2) is 6.08. The van der Waals surface area contributed by atoms with Crippen molar-refractivity contribution in [2.75, 3.05) is 18.8 Å². The van der Waals surface area contributed by atoms with E-state index in [4.69, 9.17) is 5.73 Å². The lowest BCUT2D eigenvalue weighted by Gasteiger charge is -2.29. The van der Waals surface area contributed by atoms with E-state index in [9.17, 15) is 4.79 Å². The predicted octanol–water partition coefficient (Wildman–Crippen LogP) is 3.87. The Morgan fingerprint density at radius 1 is 1.24 bits per heavy atom. The zero-order valence-electron chi connectivity index (χ0n) is 13.8. The summed E-state index contributed by atoms with van der Waals surface area (Å²) in [5.41, 5.74) is 8.69. The maximum atomic E-state index is 12.6. The Morgan fingerprint density at radius 2 is 1.95 bits per heavy atom. The van der Waals surface area contributed by atoms with Gasteiger partial charge in [0.15, 0.2) is 0 Å². The Hall–Kier alpha value is -1.51. The highest BCUT2D eigenvalue weighted by Gasteiger charge is 2.28. The largest absolute Gasteiger partial charge is 0.398 e. The van der Waals surface area contributed by atoms with Crippen LogP contribution >= 0.6 is 0 Å². The van der Waals surface area contributed by atoms with E-state index < -0.39 is 0 Å². The number of benzene rings is 1. The summed E-state index contributed by atoms with van der Waals surface area (Å²) in [7, 11) is 0. The van der Waals surface area contributed by atoms with E-state index >= 15 is 0 Å². The van der Waals surface area contributed by atoms with E-state index in [1.165, 1.54) is 6.42 Å². The number of aryl methyl sites for hydroxylation is 1. The number of amides is 1. The molecular formula is C18H28N2O. The minimum absolute atomic E-state index is 0.122. The molecule has 116 valence electrons. The molecule has 0 saturated carbocycles. The first kappa shape index (κ1) is 15.9. The Kier molecular flexibility index (Phi) is 4.60. The smallest absolute Gasteiger partial charge is 0.253 e. The van der Waals surface area contributed by atoms with Gasteiger partial charge in [-0.1, -0.05) is 26.8 Å². The Bertz CT molecular complexity index is 516. The van der Waals surface area contributed by atoms with Crippen molar-refractivity contribution in [2.24, 2.45) is 11.3 Å². The minimum atomic E-state index is 0.122. The van der Waals surface area contributed by atoms with Crippen molar-refractivity contribution in [2.45, 2.75) is 47.0 Å². The van der Waals surface area contributed by atoms with Crippen LogP contribution in [0.1, 0.15) is 56.0 Å². The molecule has 21 heavy (non-hydrogen) atoms. The van der Waals surface area contributed by atoms with Gasteiger partial charge >= 0.3 is 0 Å². The molecule has 1 fully saturated rings. The molecule has 2 N–H and O–H groups in total. The lowest BCUT2D eigenvalue weighted by molar-refractivity contribution is 0.0755. The monoisotopic (exact) mass is 288 g/mol. The predicted molar refractivity (Wildman–Crippen MR) is 88.3 cm³/mol. The number of likely N-dealkylation sites (tertiary alicyclic amines) is 1. The highest BCUT2D eigenvalue weighted by Crippen LogP contribution is 2.34. The van der Waals surface area contributed by atoms with E-state index in [0.717, 1.165) is 31.5 Å². The lowest BCUT2D eigenvalue weighted by atomic mass is 9.77. The van der Waals surface area contributed by atoms with Crippen molar-refractivity contribution in [3.8, 4) is 0 Å². The average molecular weight is 288 g/mol. The summed E-state index contributed by atoms with van der Waals surface area (Å²) >= 11 is 0. The van der Waals surface area contributed by atoms with Crippen LogP contribution in [0.5, 0.6) is 0 Å². The van der Waals surface area contributed by atoms with E-state index in [0.29, 0.717) is 22.6 Å². The number of nitrogen functional groups attached to an aromatic ring is 1. The number of carbonyl (C=O) groups excluding carboxylic acids is 1. The van der Waals surface area contributed by atoms with Crippen molar-refractivity contribution < 1.29 is 4.79 Å². The first-order valence-electron chi connectivity index (χ1n) is 7.94. The van der Waals surface area contributed by atoms with Gasteiger partial charge in [0.25, 0.3) is 5.91 Å². The first-order chi connectivity index (χ1) is 9.79. The normalized spacial score (nSPS) is 20.2. The zero-order valence-corrected chi connectivity index (χ0v) is 13.8. The van der Waals surface area contributed by atoms with E-state index in [-0.39, 0.29) is 5.91 Å². The van der Waals surface area contributed by atoms with Crippen molar-refractivity contribution >= 4 is 11.6 Å². The maximum Gasteiger partial charge on any atom is 0.253 e. The topological polar surface area (TPSA) is 46.3 Å². The Balaban J connectivity index is 2.08. The van der Waals surface area contributed by atoms with Crippen LogP contribution in [0.2, 0.25) is 0 Å². The highest BCUT2D eigenvalue weighted by molar-refractivity contribution is 5.95. The average Bonchev–Trinajstić information content (AvgIpc) is 2.66. The van der Waals surface area contributed by atoms with Crippen LogP contribution < -0.4 is 5.73 Å². The van der Waals surface area contributed by atoms with E-state index in [1.54, 1.807) is 0 Å². The quantitative estimate of drug-likeness (QED) is 0.797. The zero-order chi connectivity index (χ0) is 15.6. The number of nitrogens with two attached hydrogens (primary N) is 1. The fourth-order valence-electron chi connectivity index (χ4n) is 3.12. The van der Waals surface area contributed by atoms with Gasteiger partial charge in [-0.2, -0.15) is 0 Å². The minimum Gasteiger partial charge on any atom is -0.398 e. The molecule has 1 atom stereocenters. The third-order valence-corrected chi connectivity index (χ3v) is 4.77. The van der Waals surface area contributed by atoms with Crippen LogP contribution in [0.3, 0.4) is 0 Å². The molecule has 0 spiro atoms. The van der Waals surface area contributed by atoms with Crippen molar-refractivity contribution in [1.82, 2.24) is 4.90 Å². The summed E-state index contributed by atoms with van der Waals surface area (Å²) in [6, 6.07) is 5.63. The molecule has 1 aromatic rings. The van der Waals surface area contributed by atoms with Crippen LogP contribution in [-0.4, -0.2) is 23.9 Å². The molecule has 3 heteroatoms. The molecule has 1 saturated heterocycles. The van der Waals surface area contributed by atoms with Gasteiger partial charge in [-0.05, 0) is 55.2 Å². The molecule has 1 heterocycles. The molecule has 1 amide bonds. The van der Waals surface area contributed by atoms with Crippen LogP contribution in [0, 0.1) is 18.3 Å². The van der Waals surface area contributed by atoms with Gasteiger partial charge in [0.2, 0.25) is 0 Å². The SMILES string of the molecule is Cc1ccc(C(=O)N2CCCC(C(C)(C)C)CC2)cc1N. The van der Waals surface area contributed by atoms with E-state index in [2.05, 4.69) is 20.8 Å². The molecule has 1 aliphatic rings. The standard InChI is InChI=1S/C18H28N2O/c1-13-7-8-14(12-16(13)19)17(21)20-10-5-6-15(9-11-20)18(2,3)4/h7-8,12,15H,5-6,9-11,19H2,1-4H3. The first-order valence-corrected chi connectivity index (χ1v) is 7.94. The van der Waals surface area contributed by atoms with Gasteiger partial charge < -0.3 is 10.6 Å². The number of nitrogens with zero attached hydrogens (tertiary/aromatic N) is 1. The van der Waals surface area contributed by atoms with Crippen molar-refractivity contribution in [1.29, 1.82) is 0 Å². The number of hydrogen-bond acceptors (Lipinski definition) is 2. The Labute approximate surface area is 128 Å². The molecule has 0 radical (unpaired) electrons. The molecule has 0 aliphatic carbocycles. The molecule has 1 aliphatic heterocycles. The van der Waals surface area contributed by atoms with Gasteiger partial charge in [0, 0.05) is 24.3 Å². The second-order valence-electron chi connectivity index (χ2n) is 7.36. The van der Waals surface area contributed by atoms with Gasteiger partial charge in [0.05, 0.1) is 0 Å². The van der Waals surface area contributed by atoms with Gasteiger partial charge in [-0.3, -0.25) is 4.79 Å². The number of hydrogen-bond donors (Lipinski definition) is 1. The lowest BCUT2D eigenvalue weighted by Crippen LogP contribution is -2.32. The molecule has 0 aromatic heterocycles. The Morgan fingerprint density at radius 3 is 2.57 bits per heavy atom. The van der Waals surface area contributed by atoms with Crippen LogP contribution in [0.4, 0.5) is 5.69 Å². The molecule has 2 rings (SSSR count). The van der Waals surface area contributed by atoms with Crippen molar-refractivity contribution in [3.63, 3.8) is 0 Å². The number of carbonyl (C=O) groups is 1. The van der Waals surface area contributed by atoms with Gasteiger partial charge in [0.1, 0.15) is 0 Å². The maximum absolute atomic E-state index is 12.6. The summed E-state index contributed by atoms with van der Waals surface area (Å²) in [6.45, 7) is 10.6. The van der Waals surface area contributed by atoms with Gasteiger partial charge in [-0.25, -0.2) is 0 Å². The fraction of sp³-hybridized carbons (Fsp3) is 0.611. The molecular weight excluding hydrogens is 260 g/mol. The van der Waals surface area contributed by atoms with Crippen molar-refractivity contribution in [3.05, 3.63) is 29.3 Å². The summed E-state index contributed by atoms with van der Waals surface area (Å²) in [4.78, 5) is 14.6. The molecule has 1 unspecified atom stereocenters. The summed E-state index contributed by atoms with van der Waals surface area (Å²) in [5, 5.41) is 0. The fourth-order valence-corrected chi connectivity index (χ4v) is 3.12. The summed E-state index contributed by atoms with van der Waals surface area (Å²) in [5.74, 6) is 0.814. The van der Waals surface area contributed by atoms with E-state index in [1.807, 2.05) is 30.0 Å². The van der Waals surface area contributed by atoms with Crippen LogP contribution in [-0.2, 0) is 0 Å². The highest BCUT2D eigenvalue weighted by atomic mass is 16.2. The van der Waals surface area contributed by atoms with Gasteiger partial charge in [-0.15, -0.1) is 0 Å².